The molecule has 0 bridgehead atoms. The van der Waals surface area contributed by atoms with Gasteiger partial charge in [0.1, 0.15) is 12.4 Å². The van der Waals surface area contributed by atoms with Gasteiger partial charge in [-0.15, -0.1) is 0 Å². The molecule has 0 aliphatic heterocycles. The zero-order valence-electron chi connectivity index (χ0n) is 10.1. The first-order valence-electron chi connectivity index (χ1n) is 5.84. The molecule has 0 radical (unpaired) electrons. The highest BCUT2D eigenvalue weighted by molar-refractivity contribution is 6.30. The summed E-state index contributed by atoms with van der Waals surface area (Å²) in [5.41, 5.74) is 0. The second-order valence-electron chi connectivity index (χ2n) is 3.49. The van der Waals surface area contributed by atoms with Crippen molar-refractivity contribution in [1.29, 1.82) is 0 Å². The van der Waals surface area contributed by atoms with Crippen molar-refractivity contribution in [1.82, 2.24) is 10.3 Å². The maximum absolute atomic E-state index is 5.78. The van der Waals surface area contributed by atoms with Crippen molar-refractivity contribution in [3.05, 3.63) is 23.5 Å². The van der Waals surface area contributed by atoms with Gasteiger partial charge in [0, 0.05) is 32.0 Å². The number of halogens is 1. The number of nitrogens with one attached hydrogen (secondary N) is 1. The monoisotopic (exact) mass is 258 g/mol. The zero-order valence-corrected chi connectivity index (χ0v) is 10.9. The molecule has 1 aromatic heterocycles. The smallest absolute Gasteiger partial charge is 0.139 e. The molecule has 1 rings (SSSR count). The van der Waals surface area contributed by atoms with Gasteiger partial charge in [0.2, 0.25) is 0 Å². The van der Waals surface area contributed by atoms with Gasteiger partial charge < -0.3 is 14.8 Å². The van der Waals surface area contributed by atoms with Gasteiger partial charge in [-0.3, -0.25) is 4.98 Å². The van der Waals surface area contributed by atoms with Crippen LogP contribution in [0, 0.1) is 0 Å². The van der Waals surface area contributed by atoms with Crippen molar-refractivity contribution < 1.29 is 9.47 Å². The highest BCUT2D eigenvalue weighted by atomic mass is 35.5. The van der Waals surface area contributed by atoms with Gasteiger partial charge in [0.15, 0.2) is 0 Å². The number of pyridine rings is 1. The first-order chi connectivity index (χ1) is 8.33. The summed E-state index contributed by atoms with van der Waals surface area (Å²) < 4.78 is 10.7. The molecule has 96 valence electrons. The molecule has 1 N–H and O–H groups in total. The zero-order chi connectivity index (χ0) is 12.3. The summed E-state index contributed by atoms with van der Waals surface area (Å²) >= 11 is 5.78. The summed E-state index contributed by atoms with van der Waals surface area (Å²) in [6, 6.07) is 1.75. The fraction of sp³-hybridized carbons (Fsp3) is 0.583. The lowest BCUT2D eigenvalue weighted by Gasteiger charge is -2.07. The average molecular weight is 259 g/mol. The Morgan fingerprint density at radius 2 is 2.18 bits per heavy atom. The molecule has 1 aromatic rings. The molecule has 0 unspecified atom stereocenters. The summed E-state index contributed by atoms with van der Waals surface area (Å²) in [6.45, 7) is 5.94. The normalized spacial score (nSPS) is 10.5. The van der Waals surface area contributed by atoms with Crippen LogP contribution in [-0.2, 0) is 4.74 Å². The van der Waals surface area contributed by atoms with E-state index in [0.29, 0.717) is 17.4 Å². The summed E-state index contributed by atoms with van der Waals surface area (Å²) in [4.78, 5) is 3.94. The lowest BCUT2D eigenvalue weighted by Crippen LogP contribution is -2.23. The second-order valence-corrected chi connectivity index (χ2v) is 3.92. The van der Waals surface area contributed by atoms with Crippen molar-refractivity contribution in [2.24, 2.45) is 0 Å². The van der Waals surface area contributed by atoms with Crippen LogP contribution in [0.1, 0.15) is 13.3 Å². The number of ether oxygens (including phenoxy) is 2. The second kappa shape index (κ2) is 9.22. The molecule has 0 fully saturated rings. The van der Waals surface area contributed by atoms with E-state index >= 15 is 0 Å². The third-order valence-electron chi connectivity index (χ3n) is 2.07. The maximum Gasteiger partial charge on any atom is 0.139 e. The third-order valence-corrected chi connectivity index (χ3v) is 2.28. The fourth-order valence-electron chi connectivity index (χ4n) is 1.28. The van der Waals surface area contributed by atoms with Gasteiger partial charge in [0.05, 0.1) is 11.2 Å². The Kier molecular flexibility index (Phi) is 7.71. The number of rotatable bonds is 9. The van der Waals surface area contributed by atoms with E-state index in [4.69, 9.17) is 21.1 Å². The highest BCUT2D eigenvalue weighted by Crippen LogP contribution is 2.14. The largest absolute Gasteiger partial charge is 0.491 e. The van der Waals surface area contributed by atoms with Gasteiger partial charge in [-0.05, 0) is 19.9 Å². The molecule has 0 spiro atoms. The van der Waals surface area contributed by atoms with Gasteiger partial charge in [-0.2, -0.15) is 0 Å². The van der Waals surface area contributed by atoms with Crippen LogP contribution >= 0.6 is 11.6 Å². The minimum absolute atomic E-state index is 0.590. The van der Waals surface area contributed by atoms with E-state index in [-0.39, 0.29) is 0 Å². The molecule has 0 aromatic carbocycles. The first-order valence-corrected chi connectivity index (χ1v) is 6.22. The predicted molar refractivity (Wildman–Crippen MR) is 68.7 cm³/mol. The van der Waals surface area contributed by atoms with Crippen LogP contribution in [-0.4, -0.2) is 37.9 Å². The van der Waals surface area contributed by atoms with Crippen LogP contribution < -0.4 is 10.1 Å². The van der Waals surface area contributed by atoms with Gasteiger partial charge in [-0.25, -0.2) is 0 Å². The maximum atomic E-state index is 5.78. The molecule has 17 heavy (non-hydrogen) atoms. The van der Waals surface area contributed by atoms with Crippen LogP contribution in [0.3, 0.4) is 0 Å². The van der Waals surface area contributed by atoms with Gasteiger partial charge in [-0.1, -0.05) is 11.6 Å². The lowest BCUT2D eigenvalue weighted by molar-refractivity contribution is 0.144. The summed E-state index contributed by atoms with van der Waals surface area (Å²) in [5, 5.41) is 3.86. The van der Waals surface area contributed by atoms with Crippen LogP contribution in [0.4, 0.5) is 0 Å². The van der Waals surface area contributed by atoms with Crippen LogP contribution in [0.5, 0.6) is 5.75 Å². The number of nitrogens with zero attached hydrogens (tertiary/aromatic N) is 1. The van der Waals surface area contributed by atoms with Crippen LogP contribution in [0.15, 0.2) is 18.5 Å². The van der Waals surface area contributed by atoms with E-state index in [0.717, 1.165) is 32.7 Å². The van der Waals surface area contributed by atoms with Gasteiger partial charge >= 0.3 is 0 Å². The summed E-state index contributed by atoms with van der Waals surface area (Å²) in [6.07, 6.45) is 4.26. The SMILES string of the molecule is CCOCCCNCCOc1cncc(Cl)c1. The van der Waals surface area contributed by atoms with Crippen molar-refractivity contribution in [2.75, 3.05) is 32.9 Å². The molecule has 0 saturated carbocycles. The molecule has 0 amide bonds. The van der Waals surface area contributed by atoms with Gasteiger partial charge in [0.25, 0.3) is 0 Å². The Morgan fingerprint density at radius 3 is 2.94 bits per heavy atom. The molecular formula is C12H19ClN2O2. The molecule has 0 aliphatic carbocycles. The molecular weight excluding hydrogens is 240 g/mol. The molecule has 0 atom stereocenters. The summed E-state index contributed by atoms with van der Waals surface area (Å²) in [7, 11) is 0. The number of hydrogen-bond donors (Lipinski definition) is 1. The van der Waals surface area contributed by atoms with Crippen LogP contribution in [0.2, 0.25) is 5.02 Å². The van der Waals surface area contributed by atoms with Crippen molar-refractivity contribution >= 4 is 11.6 Å². The van der Waals surface area contributed by atoms with E-state index in [9.17, 15) is 0 Å². The van der Waals surface area contributed by atoms with E-state index in [1.165, 1.54) is 0 Å². The summed E-state index contributed by atoms with van der Waals surface area (Å²) in [5.74, 6) is 0.702. The molecule has 5 heteroatoms. The van der Waals surface area contributed by atoms with E-state index in [1.54, 1.807) is 18.5 Å². The fourth-order valence-corrected chi connectivity index (χ4v) is 1.44. The van der Waals surface area contributed by atoms with Crippen molar-refractivity contribution in [3.8, 4) is 5.75 Å². The van der Waals surface area contributed by atoms with Crippen molar-refractivity contribution in [2.45, 2.75) is 13.3 Å². The van der Waals surface area contributed by atoms with E-state index in [2.05, 4.69) is 10.3 Å². The standard InChI is InChI=1S/C12H19ClN2O2/c1-2-16-6-3-4-14-5-7-17-12-8-11(13)9-15-10-12/h8-10,14H,2-7H2,1H3. The molecule has 0 aliphatic rings. The Morgan fingerprint density at radius 1 is 1.29 bits per heavy atom. The Labute approximate surface area is 107 Å². The first kappa shape index (κ1) is 14.2. The van der Waals surface area contributed by atoms with Crippen LogP contribution in [0.25, 0.3) is 0 Å². The molecule has 0 saturated heterocycles. The Balaban J connectivity index is 1.97. The quantitative estimate of drug-likeness (QED) is 0.689. The Bertz CT molecular complexity index is 310. The highest BCUT2D eigenvalue weighted by Gasteiger charge is 1.95. The third kappa shape index (κ3) is 7.15. The number of aromatic nitrogens is 1. The Hall–Kier alpha value is -0.840. The lowest BCUT2D eigenvalue weighted by atomic mass is 10.4. The minimum Gasteiger partial charge on any atom is -0.491 e. The predicted octanol–water partition coefficient (Wildman–Crippen LogP) is 2.13. The van der Waals surface area contributed by atoms with E-state index < -0.39 is 0 Å². The minimum atomic E-state index is 0.590. The topological polar surface area (TPSA) is 43.4 Å². The van der Waals surface area contributed by atoms with E-state index in [1.807, 2.05) is 6.92 Å². The molecule has 1 heterocycles. The molecule has 4 nitrogen and oxygen atoms in total. The average Bonchev–Trinajstić information content (AvgIpc) is 2.33. The van der Waals surface area contributed by atoms with Crippen molar-refractivity contribution in [3.63, 3.8) is 0 Å². The number of hydrogen-bond acceptors (Lipinski definition) is 4.